The van der Waals surface area contributed by atoms with E-state index in [1.54, 1.807) is 20.8 Å². The predicted octanol–water partition coefficient (Wildman–Crippen LogP) is 2.24. The Bertz CT molecular complexity index is 486. The first-order valence-corrected chi connectivity index (χ1v) is 6.54. The van der Waals surface area contributed by atoms with Crippen LogP contribution < -0.4 is 0 Å². The van der Waals surface area contributed by atoms with Crippen molar-refractivity contribution < 1.29 is 25.2 Å². The van der Waals surface area contributed by atoms with Gasteiger partial charge >= 0.3 is 5.97 Å². The fraction of sp³-hybridized carbons (Fsp3) is 0.533. The molecule has 0 saturated heterocycles. The lowest BCUT2D eigenvalue weighted by molar-refractivity contribution is 0.0255. The van der Waals surface area contributed by atoms with Crippen LogP contribution in [0.15, 0.2) is 18.2 Å². The van der Waals surface area contributed by atoms with E-state index in [-0.39, 0.29) is 11.3 Å². The minimum atomic E-state index is -1.27. The van der Waals surface area contributed by atoms with Gasteiger partial charge in [-0.15, -0.1) is 0 Å². The van der Waals surface area contributed by atoms with Crippen molar-refractivity contribution in [2.24, 2.45) is 0 Å². The molecule has 0 aliphatic carbocycles. The smallest absolute Gasteiger partial charge is 0.335 e. The zero-order valence-electron chi connectivity index (χ0n) is 12.1. The number of phenols is 1. The van der Waals surface area contributed by atoms with Crippen LogP contribution >= 0.6 is 0 Å². The maximum Gasteiger partial charge on any atom is 0.335 e. The lowest BCUT2D eigenvalue weighted by Gasteiger charge is -2.26. The fourth-order valence-electron chi connectivity index (χ4n) is 2.12. The lowest BCUT2D eigenvalue weighted by Crippen LogP contribution is -2.24. The molecule has 112 valence electrons. The Labute approximate surface area is 118 Å². The molecular formula is C15H22O5. The summed E-state index contributed by atoms with van der Waals surface area (Å²) in [5, 5.41) is 38.7. The van der Waals surface area contributed by atoms with E-state index in [1.807, 2.05) is 0 Å². The van der Waals surface area contributed by atoms with E-state index in [0.29, 0.717) is 24.8 Å². The molecule has 4 N–H and O–H groups in total. The van der Waals surface area contributed by atoms with Crippen LogP contribution in [0.3, 0.4) is 0 Å². The molecule has 5 heteroatoms. The second kappa shape index (κ2) is 5.81. The van der Waals surface area contributed by atoms with Crippen LogP contribution in [0, 0.1) is 0 Å². The van der Waals surface area contributed by atoms with Gasteiger partial charge in [0.2, 0.25) is 0 Å². The number of carboxylic acid groups (broad SMARTS) is 1. The van der Waals surface area contributed by atoms with Crippen LogP contribution in [0.25, 0.3) is 0 Å². The third-order valence-corrected chi connectivity index (χ3v) is 3.28. The summed E-state index contributed by atoms with van der Waals surface area (Å²) >= 11 is 0. The second-order valence-electron chi connectivity index (χ2n) is 5.98. The van der Waals surface area contributed by atoms with Crippen molar-refractivity contribution in [3.05, 3.63) is 29.3 Å². The molecule has 1 aromatic rings. The number of aromatic carboxylic acids is 1. The Balaban J connectivity index is 2.84. The van der Waals surface area contributed by atoms with Gasteiger partial charge in [0.05, 0.1) is 16.8 Å². The van der Waals surface area contributed by atoms with Crippen LogP contribution in [0.1, 0.15) is 56.0 Å². The summed E-state index contributed by atoms with van der Waals surface area (Å²) in [6.45, 7) is 4.95. The molecule has 0 aliphatic rings. The number of carboxylic acids is 1. The molecular weight excluding hydrogens is 260 g/mol. The number of phenolic OH excluding ortho intramolecular Hbond substituents is 1. The molecule has 0 saturated carbocycles. The normalized spacial score (nSPS) is 14.8. The van der Waals surface area contributed by atoms with Crippen molar-refractivity contribution in [2.75, 3.05) is 0 Å². The number of carbonyl (C=O) groups is 1. The molecule has 1 atom stereocenters. The van der Waals surface area contributed by atoms with Crippen molar-refractivity contribution in [1.29, 1.82) is 0 Å². The van der Waals surface area contributed by atoms with E-state index < -0.39 is 17.2 Å². The van der Waals surface area contributed by atoms with E-state index in [4.69, 9.17) is 5.11 Å². The SMILES string of the molecule is CC(C)(O)CCC[C@@](C)(O)c1ccc(C(=O)O)cc1O. The van der Waals surface area contributed by atoms with E-state index in [9.17, 15) is 20.1 Å². The summed E-state index contributed by atoms with van der Waals surface area (Å²) in [5.74, 6) is -1.37. The van der Waals surface area contributed by atoms with E-state index >= 15 is 0 Å². The van der Waals surface area contributed by atoms with Gasteiger partial charge in [-0.2, -0.15) is 0 Å². The highest BCUT2D eigenvalue weighted by atomic mass is 16.4. The first kappa shape index (κ1) is 16.5. The highest BCUT2D eigenvalue weighted by molar-refractivity contribution is 5.88. The molecule has 0 aliphatic heterocycles. The van der Waals surface area contributed by atoms with Crippen LogP contribution in [0.4, 0.5) is 0 Å². The van der Waals surface area contributed by atoms with Crippen molar-refractivity contribution in [1.82, 2.24) is 0 Å². The highest BCUT2D eigenvalue weighted by Crippen LogP contribution is 2.34. The molecule has 0 heterocycles. The van der Waals surface area contributed by atoms with E-state index in [2.05, 4.69) is 0 Å². The minimum absolute atomic E-state index is 0.0291. The molecule has 0 spiro atoms. The Morgan fingerprint density at radius 1 is 1.15 bits per heavy atom. The van der Waals surface area contributed by atoms with Gasteiger partial charge in [0.1, 0.15) is 5.75 Å². The average molecular weight is 282 g/mol. The molecule has 1 rings (SSSR count). The zero-order valence-corrected chi connectivity index (χ0v) is 12.1. The lowest BCUT2D eigenvalue weighted by atomic mass is 9.87. The van der Waals surface area contributed by atoms with Crippen molar-refractivity contribution >= 4 is 5.97 Å². The standard InChI is InChI=1S/C15H22O5/c1-14(2,19)7-4-8-15(3,20)11-6-5-10(13(17)18)9-12(11)16/h5-6,9,16,19-20H,4,7-8H2,1-3H3,(H,17,18)/t15-/m1/s1. The Kier molecular flexibility index (Phi) is 4.78. The monoisotopic (exact) mass is 282 g/mol. The summed E-state index contributed by atoms with van der Waals surface area (Å²) in [4.78, 5) is 10.8. The fourth-order valence-corrected chi connectivity index (χ4v) is 2.12. The number of hydrogen-bond donors (Lipinski definition) is 4. The molecule has 0 amide bonds. The quantitative estimate of drug-likeness (QED) is 0.641. The maximum absolute atomic E-state index is 10.8. The molecule has 0 fully saturated rings. The number of aliphatic hydroxyl groups is 2. The van der Waals surface area contributed by atoms with Crippen molar-refractivity contribution in [2.45, 2.75) is 51.2 Å². The molecule has 0 bridgehead atoms. The summed E-state index contributed by atoms with van der Waals surface area (Å²) in [6, 6.07) is 3.90. The van der Waals surface area contributed by atoms with Gasteiger partial charge in [-0.05, 0) is 52.2 Å². The number of rotatable bonds is 6. The van der Waals surface area contributed by atoms with E-state index in [1.165, 1.54) is 12.1 Å². The molecule has 0 unspecified atom stereocenters. The van der Waals surface area contributed by atoms with Gasteiger partial charge in [0.25, 0.3) is 0 Å². The van der Waals surface area contributed by atoms with Crippen molar-refractivity contribution in [3.8, 4) is 5.75 Å². The first-order valence-electron chi connectivity index (χ1n) is 6.54. The summed E-state index contributed by atoms with van der Waals surface area (Å²) in [6.07, 6.45) is 1.46. The third kappa shape index (κ3) is 4.51. The summed E-state index contributed by atoms with van der Waals surface area (Å²) < 4.78 is 0. The van der Waals surface area contributed by atoms with Gasteiger partial charge in [-0.1, -0.05) is 6.07 Å². The Morgan fingerprint density at radius 2 is 1.75 bits per heavy atom. The van der Waals surface area contributed by atoms with Gasteiger partial charge in [0, 0.05) is 5.56 Å². The second-order valence-corrected chi connectivity index (χ2v) is 5.98. The zero-order chi connectivity index (χ0) is 15.6. The number of aromatic hydroxyl groups is 1. The van der Waals surface area contributed by atoms with Gasteiger partial charge in [-0.3, -0.25) is 0 Å². The van der Waals surface area contributed by atoms with Crippen LogP contribution in [-0.4, -0.2) is 32.0 Å². The summed E-state index contributed by atoms with van der Waals surface area (Å²) in [7, 11) is 0. The summed E-state index contributed by atoms with van der Waals surface area (Å²) in [5.41, 5.74) is -1.81. The average Bonchev–Trinajstić information content (AvgIpc) is 2.26. The number of benzene rings is 1. The van der Waals surface area contributed by atoms with Gasteiger partial charge < -0.3 is 20.4 Å². The first-order chi connectivity index (χ1) is 9.03. The maximum atomic E-state index is 10.8. The Hall–Kier alpha value is -1.59. The largest absolute Gasteiger partial charge is 0.508 e. The van der Waals surface area contributed by atoms with Crippen molar-refractivity contribution in [3.63, 3.8) is 0 Å². The van der Waals surface area contributed by atoms with Gasteiger partial charge in [-0.25, -0.2) is 4.79 Å². The molecule has 5 nitrogen and oxygen atoms in total. The molecule has 0 radical (unpaired) electrons. The van der Waals surface area contributed by atoms with Crippen LogP contribution in [-0.2, 0) is 5.60 Å². The van der Waals surface area contributed by atoms with Crippen LogP contribution in [0.2, 0.25) is 0 Å². The highest BCUT2D eigenvalue weighted by Gasteiger charge is 2.27. The number of hydrogen-bond acceptors (Lipinski definition) is 4. The minimum Gasteiger partial charge on any atom is -0.508 e. The molecule has 20 heavy (non-hydrogen) atoms. The van der Waals surface area contributed by atoms with Gasteiger partial charge in [0.15, 0.2) is 0 Å². The Morgan fingerprint density at radius 3 is 2.20 bits per heavy atom. The molecule has 0 aromatic heterocycles. The topological polar surface area (TPSA) is 98.0 Å². The van der Waals surface area contributed by atoms with Crippen LogP contribution in [0.5, 0.6) is 5.75 Å². The predicted molar refractivity (Wildman–Crippen MR) is 74.8 cm³/mol. The van der Waals surface area contributed by atoms with E-state index in [0.717, 1.165) is 6.07 Å². The third-order valence-electron chi connectivity index (χ3n) is 3.28. The molecule has 1 aromatic carbocycles.